The molecule has 0 aliphatic heterocycles. The number of hydrogen-bond acceptors (Lipinski definition) is 4. The summed E-state index contributed by atoms with van der Waals surface area (Å²) < 4.78 is 1.07. The van der Waals surface area contributed by atoms with Crippen molar-refractivity contribution in [3.63, 3.8) is 0 Å². The van der Waals surface area contributed by atoms with Crippen LogP contribution in [0.2, 0.25) is 0 Å². The minimum Gasteiger partial charge on any atom is -0.277 e. The van der Waals surface area contributed by atoms with Crippen molar-refractivity contribution in [2.24, 2.45) is 5.10 Å². The number of rotatable bonds is 4. The Balaban J connectivity index is 2.95. The molecule has 90 valence electrons. The predicted molar refractivity (Wildman–Crippen MR) is 76.7 cm³/mol. The van der Waals surface area contributed by atoms with E-state index in [9.17, 15) is 9.59 Å². The second kappa shape index (κ2) is 6.32. The molecule has 1 aromatic rings. The lowest BCUT2D eigenvalue weighted by atomic mass is 10.2. The van der Waals surface area contributed by atoms with Crippen molar-refractivity contribution in [3.05, 3.63) is 27.3 Å². The molecule has 0 heterocycles. The molecule has 1 N–H and O–H groups in total. The summed E-state index contributed by atoms with van der Waals surface area (Å²) >= 11 is 12.5. The molecule has 0 radical (unpaired) electrons. The number of anilines is 1. The molecule has 0 amide bonds. The number of hydrazone groups is 1. The first-order valence-corrected chi connectivity index (χ1v) is 6.25. The highest BCUT2D eigenvalue weighted by Crippen LogP contribution is 2.17. The van der Waals surface area contributed by atoms with Gasteiger partial charge in [-0.3, -0.25) is 15.0 Å². The molecule has 0 aromatic heterocycles. The van der Waals surface area contributed by atoms with E-state index in [1.165, 1.54) is 0 Å². The van der Waals surface area contributed by atoms with E-state index in [2.05, 4.69) is 33.1 Å². The maximum atomic E-state index is 10.8. The van der Waals surface area contributed by atoms with Crippen LogP contribution >= 0.6 is 45.8 Å². The van der Waals surface area contributed by atoms with E-state index in [1.807, 2.05) is 19.1 Å². The van der Waals surface area contributed by atoms with Crippen LogP contribution in [-0.4, -0.2) is 16.2 Å². The largest absolute Gasteiger partial charge is 0.277 e. The number of halogens is 3. The third kappa shape index (κ3) is 4.25. The Hall–Kier alpha value is -0.660. The summed E-state index contributed by atoms with van der Waals surface area (Å²) in [7, 11) is 0. The van der Waals surface area contributed by atoms with E-state index in [-0.39, 0.29) is 0 Å². The zero-order chi connectivity index (χ0) is 13.0. The molecule has 1 rings (SSSR count). The molecule has 0 saturated carbocycles. The fraction of sp³-hybridized carbons (Fsp3) is 0.100. The van der Waals surface area contributed by atoms with Crippen LogP contribution in [0.4, 0.5) is 5.69 Å². The number of benzene rings is 1. The van der Waals surface area contributed by atoms with Crippen LogP contribution in [0.1, 0.15) is 5.56 Å². The normalized spacial score (nSPS) is 9.65. The van der Waals surface area contributed by atoms with Crippen molar-refractivity contribution in [1.82, 2.24) is 0 Å². The summed E-state index contributed by atoms with van der Waals surface area (Å²) in [5.41, 5.74) is 3.63. The fourth-order valence-corrected chi connectivity index (χ4v) is 1.99. The van der Waals surface area contributed by atoms with Gasteiger partial charge in [0.2, 0.25) is 5.71 Å². The molecular formula is C10H7Cl2IN2O2. The first-order valence-electron chi connectivity index (χ1n) is 4.41. The molecule has 0 fully saturated rings. The fourth-order valence-electron chi connectivity index (χ4n) is 1.03. The molecule has 0 aliphatic rings. The smallest absolute Gasteiger partial charge is 0.277 e. The highest BCUT2D eigenvalue weighted by molar-refractivity contribution is 14.1. The van der Waals surface area contributed by atoms with Crippen LogP contribution < -0.4 is 5.43 Å². The molecule has 7 heteroatoms. The summed E-state index contributed by atoms with van der Waals surface area (Å²) in [5, 5.41) is 1.59. The monoisotopic (exact) mass is 384 g/mol. The summed E-state index contributed by atoms with van der Waals surface area (Å²) in [6.07, 6.45) is 0. The van der Waals surface area contributed by atoms with Gasteiger partial charge in [-0.05, 0) is 76.5 Å². The summed E-state index contributed by atoms with van der Waals surface area (Å²) in [6.45, 7) is 1.87. The van der Waals surface area contributed by atoms with Crippen LogP contribution in [0, 0.1) is 10.5 Å². The first kappa shape index (κ1) is 14.4. The van der Waals surface area contributed by atoms with E-state index in [4.69, 9.17) is 23.2 Å². The number of nitrogens with zero attached hydrogens (tertiary/aromatic N) is 1. The Labute approximate surface area is 121 Å². The van der Waals surface area contributed by atoms with E-state index >= 15 is 0 Å². The topological polar surface area (TPSA) is 58.5 Å². The second-order valence-electron chi connectivity index (χ2n) is 3.08. The van der Waals surface area contributed by atoms with Crippen molar-refractivity contribution in [2.45, 2.75) is 6.92 Å². The predicted octanol–water partition coefficient (Wildman–Crippen LogP) is 2.90. The van der Waals surface area contributed by atoms with Gasteiger partial charge in [0.05, 0.1) is 5.69 Å². The van der Waals surface area contributed by atoms with E-state index in [0.29, 0.717) is 5.69 Å². The zero-order valence-electron chi connectivity index (χ0n) is 8.63. The number of hydrogen-bond donors (Lipinski definition) is 1. The van der Waals surface area contributed by atoms with Gasteiger partial charge in [-0.2, -0.15) is 5.10 Å². The Morgan fingerprint density at radius 2 is 1.88 bits per heavy atom. The van der Waals surface area contributed by atoms with Gasteiger partial charge in [0.25, 0.3) is 10.5 Å². The molecular weight excluding hydrogens is 378 g/mol. The molecule has 1 aromatic carbocycles. The zero-order valence-corrected chi connectivity index (χ0v) is 12.3. The molecule has 17 heavy (non-hydrogen) atoms. The Morgan fingerprint density at radius 3 is 2.35 bits per heavy atom. The second-order valence-corrected chi connectivity index (χ2v) is 5.01. The maximum Gasteiger partial charge on any atom is 0.277 e. The van der Waals surface area contributed by atoms with Gasteiger partial charge in [-0.15, -0.1) is 0 Å². The number of carbonyl (C=O) groups excluding carboxylic acids is 2. The average Bonchev–Trinajstić information content (AvgIpc) is 2.20. The van der Waals surface area contributed by atoms with Crippen LogP contribution in [-0.2, 0) is 9.59 Å². The van der Waals surface area contributed by atoms with Gasteiger partial charge in [0, 0.05) is 3.57 Å². The van der Waals surface area contributed by atoms with Gasteiger partial charge in [0.1, 0.15) is 0 Å². The van der Waals surface area contributed by atoms with Crippen LogP contribution in [0.25, 0.3) is 0 Å². The highest BCUT2D eigenvalue weighted by Gasteiger charge is 2.16. The third-order valence-electron chi connectivity index (χ3n) is 1.85. The maximum absolute atomic E-state index is 10.8. The van der Waals surface area contributed by atoms with Crippen LogP contribution in [0.3, 0.4) is 0 Å². The number of nitrogens with one attached hydrogen (secondary N) is 1. The van der Waals surface area contributed by atoms with Gasteiger partial charge in [-0.1, -0.05) is 0 Å². The van der Waals surface area contributed by atoms with Crippen LogP contribution in [0.5, 0.6) is 0 Å². The van der Waals surface area contributed by atoms with Gasteiger partial charge in [0.15, 0.2) is 0 Å². The minimum atomic E-state index is -0.999. The Kier molecular flexibility index (Phi) is 5.35. The molecule has 0 aliphatic carbocycles. The molecule has 0 saturated heterocycles. The van der Waals surface area contributed by atoms with Crippen molar-refractivity contribution in [1.29, 1.82) is 0 Å². The molecule has 0 bridgehead atoms. The minimum absolute atomic E-state index is 0.536. The van der Waals surface area contributed by atoms with E-state index in [0.717, 1.165) is 9.13 Å². The lowest BCUT2D eigenvalue weighted by molar-refractivity contribution is -0.109. The lowest BCUT2D eigenvalue weighted by Crippen LogP contribution is -2.17. The number of aryl methyl sites for hydroxylation is 1. The Morgan fingerprint density at radius 1 is 1.29 bits per heavy atom. The van der Waals surface area contributed by atoms with Crippen molar-refractivity contribution in [3.8, 4) is 0 Å². The summed E-state index contributed by atoms with van der Waals surface area (Å²) in [6, 6.07) is 5.55. The van der Waals surface area contributed by atoms with Crippen molar-refractivity contribution in [2.75, 3.05) is 5.43 Å². The van der Waals surface area contributed by atoms with Gasteiger partial charge >= 0.3 is 0 Å². The van der Waals surface area contributed by atoms with E-state index in [1.54, 1.807) is 6.07 Å². The molecule has 0 spiro atoms. The van der Waals surface area contributed by atoms with Crippen molar-refractivity contribution < 1.29 is 9.59 Å². The molecule has 0 atom stereocenters. The number of carbonyl (C=O) groups is 2. The molecule has 4 nitrogen and oxygen atoms in total. The standard InChI is InChI=1S/C10H7Cl2IN2O2/c1-5-4-6(13)2-3-7(5)14-15-8(9(11)16)10(12)17/h2-4,14H,1H3. The summed E-state index contributed by atoms with van der Waals surface area (Å²) in [4.78, 5) is 21.7. The summed E-state index contributed by atoms with van der Waals surface area (Å²) in [5.74, 6) is 0. The van der Waals surface area contributed by atoms with E-state index < -0.39 is 16.2 Å². The van der Waals surface area contributed by atoms with Crippen LogP contribution in [0.15, 0.2) is 23.3 Å². The first-order chi connectivity index (χ1) is 7.91. The third-order valence-corrected chi connectivity index (χ3v) is 2.88. The highest BCUT2D eigenvalue weighted by atomic mass is 127. The average molecular weight is 385 g/mol. The van der Waals surface area contributed by atoms with Gasteiger partial charge < -0.3 is 0 Å². The van der Waals surface area contributed by atoms with Crippen molar-refractivity contribution >= 4 is 67.7 Å². The van der Waals surface area contributed by atoms with Gasteiger partial charge in [-0.25, -0.2) is 0 Å². The molecule has 0 unspecified atom stereocenters. The lowest BCUT2D eigenvalue weighted by Gasteiger charge is -2.05. The Bertz CT molecular complexity index is 487. The quantitative estimate of drug-likeness (QED) is 0.285. The SMILES string of the molecule is Cc1cc(I)ccc1NN=C(C(=O)Cl)C(=O)Cl.